The van der Waals surface area contributed by atoms with Gasteiger partial charge in [-0.15, -0.1) is 0 Å². The number of nitrogens with one attached hydrogen (secondary N) is 1. The van der Waals surface area contributed by atoms with Gasteiger partial charge in [0.1, 0.15) is 0 Å². The van der Waals surface area contributed by atoms with Crippen LogP contribution in [0, 0.1) is 20.8 Å². The molecule has 1 aliphatic rings. The summed E-state index contributed by atoms with van der Waals surface area (Å²) < 4.78 is 2.14. The van der Waals surface area contributed by atoms with E-state index >= 15 is 0 Å². The van der Waals surface area contributed by atoms with E-state index in [1.165, 1.54) is 28.7 Å². The predicted octanol–water partition coefficient (Wildman–Crippen LogP) is 3.01. The number of benzene rings is 1. The van der Waals surface area contributed by atoms with Crippen LogP contribution in [0.5, 0.6) is 0 Å². The Bertz CT molecular complexity index is 592. The number of hydrogen-bond donors (Lipinski definition) is 1. The molecule has 1 saturated heterocycles. The Morgan fingerprint density at radius 1 is 1.21 bits per heavy atom. The van der Waals surface area contributed by atoms with E-state index < -0.39 is 0 Å². The van der Waals surface area contributed by atoms with Gasteiger partial charge in [0.05, 0.1) is 11.7 Å². The summed E-state index contributed by atoms with van der Waals surface area (Å²) in [5, 5.41) is 8.11. The largest absolute Gasteiger partial charge is 0.315 e. The molecule has 2 aromatic rings. The molecule has 0 bridgehead atoms. The molecule has 0 saturated carbocycles. The lowest BCUT2D eigenvalue weighted by molar-refractivity contribution is 0.488. The number of aromatic nitrogens is 2. The van der Waals surface area contributed by atoms with Gasteiger partial charge in [0.2, 0.25) is 0 Å². The smallest absolute Gasteiger partial charge is 0.0672 e. The lowest BCUT2D eigenvalue weighted by Gasteiger charge is -2.08. The Labute approximate surface area is 114 Å². The Balaban J connectivity index is 2.00. The Morgan fingerprint density at radius 2 is 2.05 bits per heavy atom. The molecule has 0 radical (unpaired) electrons. The summed E-state index contributed by atoms with van der Waals surface area (Å²) in [6.45, 7) is 8.55. The summed E-state index contributed by atoms with van der Waals surface area (Å²) in [4.78, 5) is 0. The molecular weight excluding hydrogens is 234 g/mol. The minimum absolute atomic E-state index is 0.512. The SMILES string of the molecule is Cc1ccc(-c2cn(C3CCNC3)nc2C)c(C)c1. The number of nitrogens with zero attached hydrogens (tertiary/aromatic N) is 2. The molecule has 100 valence electrons. The van der Waals surface area contributed by atoms with Crippen LogP contribution in [0.4, 0.5) is 0 Å². The van der Waals surface area contributed by atoms with Crippen LogP contribution in [0.1, 0.15) is 29.3 Å². The number of aryl methyl sites for hydroxylation is 3. The van der Waals surface area contributed by atoms with E-state index in [4.69, 9.17) is 5.10 Å². The van der Waals surface area contributed by atoms with E-state index in [0.717, 1.165) is 18.8 Å². The second kappa shape index (κ2) is 4.82. The van der Waals surface area contributed by atoms with Crippen molar-refractivity contribution in [3.8, 4) is 11.1 Å². The monoisotopic (exact) mass is 255 g/mol. The highest BCUT2D eigenvalue weighted by Gasteiger charge is 2.19. The average Bonchev–Trinajstić information content (AvgIpc) is 2.98. The van der Waals surface area contributed by atoms with Crippen molar-refractivity contribution in [1.29, 1.82) is 0 Å². The fraction of sp³-hybridized carbons (Fsp3) is 0.438. The summed E-state index contributed by atoms with van der Waals surface area (Å²) >= 11 is 0. The Hall–Kier alpha value is -1.61. The molecule has 1 aliphatic heterocycles. The van der Waals surface area contributed by atoms with Crippen LogP contribution in [0.3, 0.4) is 0 Å². The van der Waals surface area contributed by atoms with Gasteiger partial charge in [-0.05, 0) is 44.9 Å². The van der Waals surface area contributed by atoms with Gasteiger partial charge in [-0.25, -0.2) is 0 Å². The van der Waals surface area contributed by atoms with Gasteiger partial charge in [0, 0.05) is 18.3 Å². The van der Waals surface area contributed by atoms with Crippen molar-refractivity contribution < 1.29 is 0 Å². The van der Waals surface area contributed by atoms with Crippen molar-refractivity contribution in [1.82, 2.24) is 15.1 Å². The van der Waals surface area contributed by atoms with Crippen molar-refractivity contribution in [3.63, 3.8) is 0 Å². The zero-order valence-electron chi connectivity index (χ0n) is 11.9. The van der Waals surface area contributed by atoms with Crippen LogP contribution >= 0.6 is 0 Å². The van der Waals surface area contributed by atoms with Gasteiger partial charge in [0.25, 0.3) is 0 Å². The van der Waals surface area contributed by atoms with Gasteiger partial charge >= 0.3 is 0 Å². The van der Waals surface area contributed by atoms with Crippen LogP contribution in [-0.2, 0) is 0 Å². The molecule has 1 atom stereocenters. The molecule has 1 fully saturated rings. The highest BCUT2D eigenvalue weighted by atomic mass is 15.3. The van der Waals surface area contributed by atoms with E-state index in [9.17, 15) is 0 Å². The van der Waals surface area contributed by atoms with E-state index in [1.807, 2.05) is 0 Å². The molecule has 1 N–H and O–H groups in total. The normalized spacial score (nSPS) is 19.0. The van der Waals surface area contributed by atoms with Crippen LogP contribution in [0.2, 0.25) is 0 Å². The minimum atomic E-state index is 0.512. The van der Waals surface area contributed by atoms with Crippen molar-refractivity contribution in [2.24, 2.45) is 0 Å². The van der Waals surface area contributed by atoms with E-state index in [0.29, 0.717) is 6.04 Å². The molecule has 0 amide bonds. The Kier molecular flexibility index (Phi) is 3.15. The molecule has 3 heteroatoms. The second-order valence-electron chi connectivity index (χ2n) is 5.57. The van der Waals surface area contributed by atoms with Crippen LogP contribution in [-0.4, -0.2) is 22.9 Å². The summed E-state index contributed by atoms with van der Waals surface area (Å²) in [5.74, 6) is 0. The first kappa shape index (κ1) is 12.4. The molecule has 1 aromatic carbocycles. The molecule has 0 spiro atoms. The lowest BCUT2D eigenvalue weighted by Crippen LogP contribution is -2.13. The van der Waals surface area contributed by atoms with Crippen LogP contribution < -0.4 is 5.32 Å². The summed E-state index contributed by atoms with van der Waals surface area (Å²) in [5.41, 5.74) is 6.34. The Morgan fingerprint density at radius 3 is 2.74 bits per heavy atom. The topological polar surface area (TPSA) is 29.9 Å². The first-order valence-corrected chi connectivity index (χ1v) is 6.99. The molecule has 19 heavy (non-hydrogen) atoms. The van der Waals surface area contributed by atoms with Crippen molar-refractivity contribution in [2.45, 2.75) is 33.2 Å². The zero-order valence-corrected chi connectivity index (χ0v) is 11.9. The first-order valence-electron chi connectivity index (χ1n) is 6.99. The molecule has 3 nitrogen and oxygen atoms in total. The zero-order chi connectivity index (χ0) is 13.4. The standard InChI is InChI=1S/C16H21N3/c1-11-4-5-15(12(2)8-11)16-10-19(18-13(16)3)14-6-7-17-9-14/h4-5,8,10,14,17H,6-7,9H2,1-3H3. The second-order valence-corrected chi connectivity index (χ2v) is 5.57. The third-order valence-corrected chi connectivity index (χ3v) is 4.00. The maximum absolute atomic E-state index is 4.71. The van der Waals surface area contributed by atoms with E-state index in [1.54, 1.807) is 0 Å². The van der Waals surface area contributed by atoms with Gasteiger partial charge in [-0.3, -0.25) is 4.68 Å². The summed E-state index contributed by atoms with van der Waals surface area (Å²) in [6, 6.07) is 7.14. The van der Waals surface area contributed by atoms with Crippen LogP contribution in [0.25, 0.3) is 11.1 Å². The molecule has 1 unspecified atom stereocenters. The fourth-order valence-electron chi connectivity index (χ4n) is 2.91. The molecule has 3 rings (SSSR count). The van der Waals surface area contributed by atoms with E-state index in [2.05, 4.69) is 55.2 Å². The van der Waals surface area contributed by atoms with E-state index in [-0.39, 0.29) is 0 Å². The molecule has 1 aromatic heterocycles. The number of rotatable bonds is 2. The third kappa shape index (κ3) is 2.30. The molecular formula is C16H21N3. The number of hydrogen-bond acceptors (Lipinski definition) is 2. The molecule has 2 heterocycles. The van der Waals surface area contributed by atoms with Crippen molar-refractivity contribution >= 4 is 0 Å². The van der Waals surface area contributed by atoms with Crippen LogP contribution in [0.15, 0.2) is 24.4 Å². The fourth-order valence-corrected chi connectivity index (χ4v) is 2.91. The maximum atomic E-state index is 4.71. The minimum Gasteiger partial charge on any atom is -0.315 e. The van der Waals surface area contributed by atoms with Gasteiger partial charge in [-0.1, -0.05) is 23.8 Å². The summed E-state index contributed by atoms with van der Waals surface area (Å²) in [7, 11) is 0. The van der Waals surface area contributed by atoms with Crippen molar-refractivity contribution in [3.05, 3.63) is 41.2 Å². The lowest BCUT2D eigenvalue weighted by atomic mass is 9.99. The van der Waals surface area contributed by atoms with Gasteiger partial charge < -0.3 is 5.32 Å². The highest BCUT2D eigenvalue weighted by Crippen LogP contribution is 2.28. The maximum Gasteiger partial charge on any atom is 0.0672 e. The van der Waals surface area contributed by atoms with Crippen molar-refractivity contribution in [2.75, 3.05) is 13.1 Å². The molecule has 0 aliphatic carbocycles. The van der Waals surface area contributed by atoms with Gasteiger partial charge in [0.15, 0.2) is 0 Å². The third-order valence-electron chi connectivity index (χ3n) is 4.00. The summed E-state index contributed by atoms with van der Waals surface area (Å²) in [6.07, 6.45) is 3.39. The highest BCUT2D eigenvalue weighted by molar-refractivity contribution is 5.69. The predicted molar refractivity (Wildman–Crippen MR) is 78.4 cm³/mol. The first-order chi connectivity index (χ1) is 9.15. The van der Waals surface area contributed by atoms with Gasteiger partial charge in [-0.2, -0.15) is 5.10 Å². The quantitative estimate of drug-likeness (QED) is 0.894. The average molecular weight is 255 g/mol.